The third-order valence-corrected chi connectivity index (χ3v) is 5.28. The van der Waals surface area contributed by atoms with Crippen molar-refractivity contribution >= 4 is 39.5 Å². The van der Waals surface area contributed by atoms with Crippen LogP contribution in [-0.4, -0.2) is 37.1 Å². The number of halogens is 1. The largest absolute Gasteiger partial charge is 0.465 e. The van der Waals surface area contributed by atoms with Crippen LogP contribution in [0.3, 0.4) is 0 Å². The fourth-order valence-corrected chi connectivity index (χ4v) is 3.67. The van der Waals surface area contributed by atoms with Crippen LogP contribution in [0.4, 0.5) is 5.69 Å². The summed E-state index contributed by atoms with van der Waals surface area (Å²) < 4.78 is 10.7. The third kappa shape index (κ3) is 2.74. The van der Waals surface area contributed by atoms with Gasteiger partial charge in [0.2, 0.25) is 5.91 Å². The van der Waals surface area contributed by atoms with Crippen LogP contribution in [0.2, 0.25) is 0 Å². The molecule has 6 nitrogen and oxygen atoms in total. The number of ether oxygens (including phenoxy) is 2. The lowest BCUT2D eigenvalue weighted by molar-refractivity contribution is -0.152. The monoisotopic (exact) mass is 409 g/mol. The molecule has 3 rings (SSSR count). The van der Waals surface area contributed by atoms with E-state index in [0.717, 1.165) is 12.8 Å². The van der Waals surface area contributed by atoms with Gasteiger partial charge in [0.15, 0.2) is 5.41 Å². The van der Waals surface area contributed by atoms with Crippen LogP contribution < -0.4 is 4.90 Å². The molecule has 0 radical (unpaired) electrons. The van der Waals surface area contributed by atoms with Gasteiger partial charge in [0.1, 0.15) is 0 Å². The van der Waals surface area contributed by atoms with Crippen molar-refractivity contribution in [1.29, 1.82) is 0 Å². The summed E-state index contributed by atoms with van der Waals surface area (Å²) in [6.45, 7) is 5.48. The number of esters is 2. The van der Waals surface area contributed by atoms with Crippen molar-refractivity contribution in [1.82, 2.24) is 0 Å². The van der Waals surface area contributed by atoms with Crippen LogP contribution in [0.15, 0.2) is 16.6 Å². The van der Waals surface area contributed by atoms with E-state index >= 15 is 0 Å². The SMILES string of the molecule is CCOC(=O)c1cc2c(cc1Br)C(C)(C(=O)OCC)C(=O)N2C1CC1. The minimum Gasteiger partial charge on any atom is -0.465 e. The lowest BCUT2D eigenvalue weighted by Crippen LogP contribution is -2.45. The van der Waals surface area contributed by atoms with Gasteiger partial charge in [0.25, 0.3) is 0 Å². The van der Waals surface area contributed by atoms with Crippen LogP contribution >= 0.6 is 15.9 Å². The van der Waals surface area contributed by atoms with Crippen molar-refractivity contribution in [3.8, 4) is 0 Å². The summed E-state index contributed by atoms with van der Waals surface area (Å²) in [5, 5.41) is 0. The van der Waals surface area contributed by atoms with Crippen LogP contribution in [-0.2, 0) is 24.5 Å². The summed E-state index contributed by atoms with van der Waals surface area (Å²) >= 11 is 3.37. The number of fused-ring (bicyclic) bond motifs is 1. The molecule has 25 heavy (non-hydrogen) atoms. The number of nitrogens with zero attached hydrogens (tertiary/aromatic N) is 1. The van der Waals surface area contributed by atoms with Crippen LogP contribution in [0.25, 0.3) is 0 Å². The molecule has 1 amide bonds. The second-order valence-corrected chi connectivity index (χ2v) is 7.18. The molecule has 1 atom stereocenters. The summed E-state index contributed by atoms with van der Waals surface area (Å²) in [6, 6.07) is 3.37. The van der Waals surface area contributed by atoms with E-state index in [4.69, 9.17) is 9.47 Å². The van der Waals surface area contributed by atoms with E-state index in [2.05, 4.69) is 15.9 Å². The van der Waals surface area contributed by atoms with Crippen LogP contribution in [0.1, 0.15) is 49.5 Å². The first-order valence-corrected chi connectivity index (χ1v) is 9.17. The molecule has 0 aromatic heterocycles. The number of hydrogen-bond donors (Lipinski definition) is 0. The number of carbonyl (C=O) groups excluding carboxylic acids is 3. The number of anilines is 1. The minimum atomic E-state index is -1.40. The molecule has 1 unspecified atom stereocenters. The van der Waals surface area contributed by atoms with E-state index in [1.807, 2.05) is 0 Å². The predicted octanol–water partition coefficient (Wildman–Crippen LogP) is 2.96. The van der Waals surface area contributed by atoms with E-state index in [-0.39, 0.29) is 25.2 Å². The lowest BCUT2D eigenvalue weighted by Gasteiger charge is -2.22. The van der Waals surface area contributed by atoms with Gasteiger partial charge in [-0.3, -0.25) is 9.59 Å². The summed E-state index contributed by atoms with van der Waals surface area (Å²) in [5.74, 6) is -1.33. The maximum atomic E-state index is 13.1. The fraction of sp³-hybridized carbons (Fsp3) is 0.500. The van der Waals surface area contributed by atoms with Gasteiger partial charge in [0, 0.05) is 21.8 Å². The molecule has 0 N–H and O–H groups in total. The summed E-state index contributed by atoms with van der Waals surface area (Å²) in [4.78, 5) is 39.5. The van der Waals surface area contributed by atoms with Crippen molar-refractivity contribution in [3.05, 3.63) is 27.7 Å². The summed E-state index contributed by atoms with van der Waals surface area (Å²) in [6.07, 6.45) is 1.77. The highest BCUT2D eigenvalue weighted by atomic mass is 79.9. The second-order valence-electron chi connectivity index (χ2n) is 6.32. The van der Waals surface area contributed by atoms with E-state index in [9.17, 15) is 14.4 Å². The van der Waals surface area contributed by atoms with Gasteiger partial charge in [-0.2, -0.15) is 0 Å². The molecule has 0 saturated heterocycles. The van der Waals surface area contributed by atoms with Crippen molar-refractivity contribution in [2.45, 2.75) is 45.1 Å². The first kappa shape index (κ1) is 17.9. The molecule has 0 bridgehead atoms. The Morgan fingerprint density at radius 1 is 1.24 bits per heavy atom. The molecule has 1 fully saturated rings. The minimum absolute atomic E-state index is 0.0683. The standard InChI is InChI=1S/C18H20BrNO5/c1-4-24-15(21)11-8-14-12(9-13(11)19)18(3,17(23)25-5-2)16(22)20(14)10-6-7-10/h8-10H,4-7H2,1-3H3. The highest BCUT2D eigenvalue weighted by Crippen LogP contribution is 2.49. The average molecular weight is 410 g/mol. The zero-order valence-corrected chi connectivity index (χ0v) is 16.0. The van der Waals surface area contributed by atoms with Gasteiger partial charge in [-0.1, -0.05) is 0 Å². The highest BCUT2D eigenvalue weighted by Gasteiger charge is 2.57. The van der Waals surface area contributed by atoms with Gasteiger partial charge in [-0.15, -0.1) is 0 Å². The maximum Gasteiger partial charge on any atom is 0.339 e. The molecule has 2 aliphatic rings. The maximum absolute atomic E-state index is 13.1. The molecule has 7 heteroatoms. The zero-order chi connectivity index (χ0) is 18.4. The lowest BCUT2D eigenvalue weighted by atomic mass is 9.83. The molecule has 1 aromatic carbocycles. The molecule has 1 aromatic rings. The van der Waals surface area contributed by atoms with E-state index < -0.39 is 17.4 Å². The molecule has 134 valence electrons. The Morgan fingerprint density at radius 2 is 1.88 bits per heavy atom. The Labute approximate surface area is 154 Å². The van der Waals surface area contributed by atoms with Crippen molar-refractivity contribution in [2.24, 2.45) is 0 Å². The van der Waals surface area contributed by atoms with Gasteiger partial charge in [0.05, 0.1) is 18.8 Å². The highest BCUT2D eigenvalue weighted by molar-refractivity contribution is 9.10. The third-order valence-electron chi connectivity index (χ3n) is 4.62. The Hall–Kier alpha value is -1.89. The predicted molar refractivity (Wildman–Crippen MR) is 94.6 cm³/mol. The van der Waals surface area contributed by atoms with E-state index in [1.165, 1.54) is 0 Å². The smallest absolute Gasteiger partial charge is 0.339 e. The number of hydrogen-bond acceptors (Lipinski definition) is 5. The molecular weight excluding hydrogens is 390 g/mol. The Morgan fingerprint density at radius 3 is 2.44 bits per heavy atom. The van der Waals surface area contributed by atoms with Crippen LogP contribution in [0, 0.1) is 0 Å². The van der Waals surface area contributed by atoms with Gasteiger partial charge < -0.3 is 14.4 Å². The Balaban J connectivity index is 2.15. The number of rotatable bonds is 5. The molecular formula is C18H20BrNO5. The van der Waals surface area contributed by atoms with Gasteiger partial charge in [-0.25, -0.2) is 4.79 Å². The molecule has 1 heterocycles. The number of benzene rings is 1. The molecule has 0 spiro atoms. The number of carbonyl (C=O) groups is 3. The topological polar surface area (TPSA) is 72.9 Å². The van der Waals surface area contributed by atoms with Crippen molar-refractivity contribution in [3.63, 3.8) is 0 Å². The summed E-state index contributed by atoms with van der Waals surface area (Å²) in [7, 11) is 0. The Kier molecular flexibility index (Phi) is 4.62. The van der Waals surface area contributed by atoms with Gasteiger partial charge in [-0.05, 0) is 61.7 Å². The van der Waals surface area contributed by atoms with Crippen molar-refractivity contribution < 1.29 is 23.9 Å². The molecule has 1 saturated carbocycles. The first-order chi connectivity index (χ1) is 11.9. The summed E-state index contributed by atoms with van der Waals surface area (Å²) in [5.41, 5.74) is 0.0909. The molecule has 1 aliphatic carbocycles. The number of amides is 1. The average Bonchev–Trinajstić information content (AvgIpc) is 3.37. The molecule has 1 aliphatic heterocycles. The van der Waals surface area contributed by atoms with Gasteiger partial charge >= 0.3 is 11.9 Å². The van der Waals surface area contributed by atoms with Crippen LogP contribution in [0.5, 0.6) is 0 Å². The normalized spacial score (nSPS) is 21.9. The second kappa shape index (κ2) is 6.44. The van der Waals surface area contributed by atoms with E-state index in [1.54, 1.807) is 37.8 Å². The Bertz CT molecular complexity index is 758. The van der Waals surface area contributed by atoms with E-state index in [0.29, 0.717) is 21.3 Å². The zero-order valence-electron chi connectivity index (χ0n) is 14.4. The van der Waals surface area contributed by atoms with Crippen molar-refractivity contribution in [2.75, 3.05) is 18.1 Å². The fourth-order valence-electron chi connectivity index (χ4n) is 3.16. The quantitative estimate of drug-likeness (QED) is 0.551. The first-order valence-electron chi connectivity index (χ1n) is 8.38.